The zero-order chi connectivity index (χ0) is 13.8. The Hall–Kier alpha value is -0.770. The third-order valence-electron chi connectivity index (χ3n) is 3.74. The first-order chi connectivity index (χ1) is 9.17. The molecule has 1 heterocycles. The lowest BCUT2D eigenvalue weighted by atomic mass is 9.92. The maximum Gasteiger partial charge on any atom is 0.120 e. The van der Waals surface area contributed by atoms with Crippen molar-refractivity contribution in [2.75, 3.05) is 20.3 Å². The maximum atomic E-state index is 6.39. The highest BCUT2D eigenvalue weighted by Gasteiger charge is 2.33. The molecule has 2 rings (SSSR count). The average molecular weight is 284 g/mol. The summed E-state index contributed by atoms with van der Waals surface area (Å²) >= 11 is 6.39. The highest BCUT2D eigenvalue weighted by atomic mass is 35.5. The summed E-state index contributed by atoms with van der Waals surface area (Å²) in [5.74, 6) is 1.33. The summed E-state index contributed by atoms with van der Waals surface area (Å²) in [6.45, 7) is 6.06. The van der Waals surface area contributed by atoms with Gasteiger partial charge in [-0.05, 0) is 36.6 Å². The third-order valence-corrected chi connectivity index (χ3v) is 4.07. The predicted molar refractivity (Wildman–Crippen MR) is 77.9 cm³/mol. The van der Waals surface area contributed by atoms with Crippen LogP contribution in [0.2, 0.25) is 5.02 Å². The molecule has 19 heavy (non-hydrogen) atoms. The first-order valence-corrected chi connectivity index (χ1v) is 7.23. The molecule has 3 unspecified atom stereocenters. The summed E-state index contributed by atoms with van der Waals surface area (Å²) in [5.41, 5.74) is 1.09. The van der Waals surface area contributed by atoms with Crippen molar-refractivity contribution in [3.63, 3.8) is 0 Å². The number of methoxy groups -OCH3 is 1. The minimum Gasteiger partial charge on any atom is -0.497 e. The lowest BCUT2D eigenvalue weighted by Gasteiger charge is -2.28. The standard InChI is InChI=1S/C15H22ClNO2/c1-4-17-14(15-10(2)7-8-19-15)12-6-5-11(18-3)9-13(12)16/h5-6,9-10,14-15,17H,4,7-8H2,1-3H3. The van der Waals surface area contributed by atoms with Crippen molar-refractivity contribution >= 4 is 11.6 Å². The van der Waals surface area contributed by atoms with Gasteiger partial charge >= 0.3 is 0 Å². The normalized spacial score (nSPS) is 24.4. The molecule has 0 bridgehead atoms. The fourth-order valence-electron chi connectivity index (χ4n) is 2.65. The van der Waals surface area contributed by atoms with Crippen LogP contribution in [0.1, 0.15) is 31.9 Å². The molecule has 1 aromatic carbocycles. The summed E-state index contributed by atoms with van der Waals surface area (Å²) in [4.78, 5) is 0. The number of benzene rings is 1. The predicted octanol–water partition coefficient (Wildman–Crippen LogP) is 3.42. The Morgan fingerprint density at radius 3 is 2.84 bits per heavy atom. The molecule has 4 heteroatoms. The van der Waals surface area contributed by atoms with Crippen molar-refractivity contribution in [1.29, 1.82) is 0 Å². The van der Waals surface area contributed by atoms with Gasteiger partial charge in [-0.3, -0.25) is 0 Å². The van der Waals surface area contributed by atoms with Gasteiger partial charge < -0.3 is 14.8 Å². The van der Waals surface area contributed by atoms with E-state index in [4.69, 9.17) is 21.1 Å². The van der Waals surface area contributed by atoms with Crippen LogP contribution in [-0.2, 0) is 4.74 Å². The molecule has 3 nitrogen and oxygen atoms in total. The van der Waals surface area contributed by atoms with E-state index in [0.717, 1.165) is 35.9 Å². The molecule has 0 aliphatic carbocycles. The Morgan fingerprint density at radius 1 is 1.53 bits per heavy atom. The van der Waals surface area contributed by atoms with Gasteiger partial charge in [-0.2, -0.15) is 0 Å². The molecule has 0 aromatic heterocycles. The average Bonchev–Trinajstić information content (AvgIpc) is 2.82. The second-order valence-corrected chi connectivity index (χ2v) is 5.43. The SMILES string of the molecule is CCNC(c1ccc(OC)cc1Cl)C1OCCC1C. The number of hydrogen-bond donors (Lipinski definition) is 1. The van der Waals surface area contributed by atoms with Crippen molar-refractivity contribution in [3.8, 4) is 5.75 Å². The van der Waals surface area contributed by atoms with Crippen LogP contribution in [0.25, 0.3) is 0 Å². The molecule has 0 amide bonds. The molecule has 1 saturated heterocycles. The van der Waals surface area contributed by atoms with Crippen LogP contribution in [0.4, 0.5) is 0 Å². The second kappa shape index (κ2) is 6.60. The fourth-order valence-corrected chi connectivity index (χ4v) is 2.94. The largest absolute Gasteiger partial charge is 0.497 e. The molecule has 0 saturated carbocycles. The Labute approximate surface area is 120 Å². The van der Waals surface area contributed by atoms with E-state index in [9.17, 15) is 0 Å². The van der Waals surface area contributed by atoms with Gasteiger partial charge in [0, 0.05) is 11.6 Å². The number of halogens is 1. The van der Waals surface area contributed by atoms with Gasteiger partial charge in [0.15, 0.2) is 0 Å². The topological polar surface area (TPSA) is 30.5 Å². The van der Waals surface area contributed by atoms with Gasteiger partial charge in [0.1, 0.15) is 5.75 Å². The monoisotopic (exact) mass is 283 g/mol. The molecular weight excluding hydrogens is 262 g/mol. The summed E-state index contributed by atoms with van der Waals surface area (Å²) in [6, 6.07) is 5.98. The van der Waals surface area contributed by atoms with E-state index in [1.165, 1.54) is 0 Å². The smallest absolute Gasteiger partial charge is 0.120 e. The number of likely N-dealkylation sites (N-methyl/N-ethyl adjacent to an activating group) is 1. The number of rotatable bonds is 5. The van der Waals surface area contributed by atoms with Crippen LogP contribution in [-0.4, -0.2) is 26.4 Å². The highest BCUT2D eigenvalue weighted by Crippen LogP contribution is 2.35. The fraction of sp³-hybridized carbons (Fsp3) is 0.600. The molecule has 1 aliphatic heterocycles. The van der Waals surface area contributed by atoms with Gasteiger partial charge in [-0.25, -0.2) is 0 Å². The van der Waals surface area contributed by atoms with Crippen LogP contribution in [0, 0.1) is 5.92 Å². The lowest BCUT2D eigenvalue weighted by molar-refractivity contribution is 0.0612. The molecule has 1 fully saturated rings. The van der Waals surface area contributed by atoms with Gasteiger partial charge in [0.25, 0.3) is 0 Å². The number of ether oxygens (including phenoxy) is 2. The van der Waals surface area contributed by atoms with Crippen molar-refractivity contribution in [1.82, 2.24) is 5.32 Å². The van der Waals surface area contributed by atoms with Gasteiger partial charge in [0.05, 0.1) is 19.3 Å². The summed E-state index contributed by atoms with van der Waals surface area (Å²) in [5, 5.41) is 4.23. The first kappa shape index (κ1) is 14.6. The minimum absolute atomic E-state index is 0.140. The van der Waals surface area contributed by atoms with E-state index in [2.05, 4.69) is 19.2 Å². The van der Waals surface area contributed by atoms with Crippen LogP contribution in [0.5, 0.6) is 5.75 Å². The highest BCUT2D eigenvalue weighted by molar-refractivity contribution is 6.31. The van der Waals surface area contributed by atoms with Gasteiger partial charge in [0.2, 0.25) is 0 Å². The molecule has 1 N–H and O–H groups in total. The summed E-state index contributed by atoms with van der Waals surface area (Å²) < 4.78 is 11.1. The molecule has 1 aromatic rings. The quantitative estimate of drug-likeness (QED) is 0.898. The molecule has 3 atom stereocenters. The zero-order valence-corrected chi connectivity index (χ0v) is 12.5. The van der Waals surface area contributed by atoms with E-state index in [-0.39, 0.29) is 12.1 Å². The van der Waals surface area contributed by atoms with Crippen molar-refractivity contribution < 1.29 is 9.47 Å². The number of nitrogens with one attached hydrogen (secondary N) is 1. The van der Waals surface area contributed by atoms with Crippen LogP contribution in [0.3, 0.4) is 0 Å². The van der Waals surface area contributed by atoms with Crippen molar-refractivity contribution in [2.45, 2.75) is 32.4 Å². The summed E-state index contributed by atoms with van der Waals surface area (Å²) in [7, 11) is 1.65. The Bertz CT molecular complexity index is 425. The maximum absolute atomic E-state index is 6.39. The Balaban J connectivity index is 2.28. The van der Waals surface area contributed by atoms with Gasteiger partial charge in [-0.15, -0.1) is 0 Å². The van der Waals surface area contributed by atoms with Crippen LogP contribution in [0.15, 0.2) is 18.2 Å². The van der Waals surface area contributed by atoms with Gasteiger partial charge in [-0.1, -0.05) is 31.5 Å². The van der Waals surface area contributed by atoms with Crippen molar-refractivity contribution in [2.24, 2.45) is 5.92 Å². The van der Waals surface area contributed by atoms with Crippen LogP contribution < -0.4 is 10.1 Å². The zero-order valence-electron chi connectivity index (χ0n) is 11.8. The minimum atomic E-state index is 0.140. The van der Waals surface area contributed by atoms with E-state index in [0.29, 0.717) is 5.92 Å². The molecule has 106 valence electrons. The molecule has 0 radical (unpaired) electrons. The third kappa shape index (κ3) is 3.22. The first-order valence-electron chi connectivity index (χ1n) is 6.85. The van der Waals surface area contributed by atoms with E-state index < -0.39 is 0 Å². The number of hydrogen-bond acceptors (Lipinski definition) is 3. The Kier molecular flexibility index (Phi) is 5.08. The van der Waals surface area contributed by atoms with E-state index in [1.54, 1.807) is 7.11 Å². The van der Waals surface area contributed by atoms with Crippen LogP contribution >= 0.6 is 11.6 Å². The van der Waals surface area contributed by atoms with E-state index in [1.807, 2.05) is 18.2 Å². The lowest BCUT2D eigenvalue weighted by Crippen LogP contribution is -2.34. The van der Waals surface area contributed by atoms with Crippen molar-refractivity contribution in [3.05, 3.63) is 28.8 Å². The molecular formula is C15H22ClNO2. The summed E-state index contributed by atoms with van der Waals surface area (Å²) in [6.07, 6.45) is 1.30. The molecule has 1 aliphatic rings. The second-order valence-electron chi connectivity index (χ2n) is 5.02. The molecule has 0 spiro atoms. The Morgan fingerprint density at radius 2 is 2.32 bits per heavy atom. The van der Waals surface area contributed by atoms with E-state index >= 15 is 0 Å².